The van der Waals surface area contributed by atoms with Gasteiger partial charge in [0.05, 0.1) is 19.7 Å². The highest BCUT2D eigenvalue weighted by molar-refractivity contribution is 5.88. The van der Waals surface area contributed by atoms with Crippen molar-refractivity contribution in [2.24, 2.45) is 0 Å². The minimum absolute atomic E-state index is 0.0492. The fourth-order valence-electron chi connectivity index (χ4n) is 2.95. The van der Waals surface area contributed by atoms with E-state index in [9.17, 15) is 14.4 Å². The molecule has 1 N–H and O–H groups in total. The Hall–Kier alpha value is -1.63. The summed E-state index contributed by atoms with van der Waals surface area (Å²) in [7, 11) is 1.55. The predicted octanol–water partition coefficient (Wildman–Crippen LogP) is -0.247. The maximum atomic E-state index is 12.5. The van der Waals surface area contributed by atoms with Gasteiger partial charge in [-0.25, -0.2) is 0 Å². The van der Waals surface area contributed by atoms with Gasteiger partial charge in [0.25, 0.3) is 5.91 Å². The number of nitrogens with one attached hydrogen (secondary N) is 1. The molecule has 22 heavy (non-hydrogen) atoms. The van der Waals surface area contributed by atoms with Crippen LogP contribution < -0.4 is 5.32 Å². The summed E-state index contributed by atoms with van der Waals surface area (Å²) in [5.41, 5.74) is -1.02. The van der Waals surface area contributed by atoms with Gasteiger partial charge < -0.3 is 19.9 Å². The number of rotatable bonds is 3. The molecule has 2 aliphatic heterocycles. The van der Waals surface area contributed by atoms with Gasteiger partial charge in [0.1, 0.15) is 0 Å². The van der Waals surface area contributed by atoms with E-state index in [1.165, 1.54) is 0 Å². The second-order valence-electron chi connectivity index (χ2n) is 6.10. The van der Waals surface area contributed by atoms with E-state index in [1.54, 1.807) is 23.8 Å². The number of nitrogens with zero attached hydrogens (tertiary/aromatic N) is 2. The summed E-state index contributed by atoms with van der Waals surface area (Å²) in [6.45, 7) is 3.41. The number of carbonyl (C=O) groups is 3. The van der Waals surface area contributed by atoms with Crippen LogP contribution in [0, 0.1) is 0 Å². The maximum Gasteiger partial charge on any atom is 0.253 e. The summed E-state index contributed by atoms with van der Waals surface area (Å²) in [6, 6.07) is 0. The molecule has 7 nitrogen and oxygen atoms in total. The highest BCUT2D eigenvalue weighted by atomic mass is 16.5. The molecule has 0 aromatic rings. The van der Waals surface area contributed by atoms with Gasteiger partial charge in [-0.15, -0.1) is 0 Å². The van der Waals surface area contributed by atoms with Crippen molar-refractivity contribution in [3.05, 3.63) is 0 Å². The first kappa shape index (κ1) is 16.7. The SMILES string of the molecule is CNC(=O)[C@]1(C)CN(C(=O)CN2CCCCCC2=O)CCO1. The van der Waals surface area contributed by atoms with E-state index in [0.717, 1.165) is 19.3 Å². The molecule has 2 rings (SSSR count). The van der Waals surface area contributed by atoms with E-state index in [1.807, 2.05) is 0 Å². The molecule has 0 aromatic heterocycles. The number of carbonyl (C=O) groups excluding carboxylic acids is 3. The van der Waals surface area contributed by atoms with Gasteiger partial charge in [-0.1, -0.05) is 6.42 Å². The molecule has 0 radical (unpaired) electrons. The molecule has 0 aliphatic carbocycles. The first-order valence-electron chi connectivity index (χ1n) is 7.88. The van der Waals surface area contributed by atoms with Crippen molar-refractivity contribution in [1.82, 2.24) is 15.1 Å². The van der Waals surface area contributed by atoms with Gasteiger partial charge in [-0.05, 0) is 19.8 Å². The minimum atomic E-state index is -1.02. The van der Waals surface area contributed by atoms with E-state index in [2.05, 4.69) is 5.32 Å². The van der Waals surface area contributed by atoms with Crippen molar-refractivity contribution >= 4 is 17.7 Å². The quantitative estimate of drug-likeness (QED) is 0.780. The molecule has 124 valence electrons. The molecule has 3 amide bonds. The lowest BCUT2D eigenvalue weighted by Crippen LogP contribution is -2.60. The molecule has 0 aromatic carbocycles. The monoisotopic (exact) mass is 311 g/mol. The molecule has 0 spiro atoms. The van der Waals surface area contributed by atoms with Crippen molar-refractivity contribution in [2.75, 3.05) is 39.8 Å². The zero-order valence-electron chi connectivity index (χ0n) is 13.4. The zero-order valence-corrected chi connectivity index (χ0v) is 13.4. The number of likely N-dealkylation sites (N-methyl/N-ethyl adjacent to an activating group) is 1. The molecule has 0 bridgehead atoms. The highest BCUT2D eigenvalue weighted by Gasteiger charge is 2.40. The van der Waals surface area contributed by atoms with Crippen LogP contribution in [-0.2, 0) is 19.1 Å². The van der Waals surface area contributed by atoms with Crippen LogP contribution in [0.4, 0.5) is 0 Å². The molecule has 2 fully saturated rings. The normalized spacial score (nSPS) is 26.5. The van der Waals surface area contributed by atoms with Crippen LogP contribution in [0.25, 0.3) is 0 Å². The fraction of sp³-hybridized carbons (Fsp3) is 0.800. The Morgan fingerprint density at radius 2 is 2.05 bits per heavy atom. The lowest BCUT2D eigenvalue weighted by atomic mass is 10.0. The first-order chi connectivity index (χ1) is 10.5. The lowest BCUT2D eigenvalue weighted by molar-refractivity contribution is -0.163. The summed E-state index contributed by atoms with van der Waals surface area (Å²) in [5.74, 6) is -0.308. The molecule has 1 atom stereocenters. The van der Waals surface area contributed by atoms with Gasteiger partial charge in [-0.3, -0.25) is 14.4 Å². The lowest BCUT2D eigenvalue weighted by Gasteiger charge is -2.39. The second kappa shape index (κ2) is 7.09. The maximum absolute atomic E-state index is 12.5. The van der Waals surface area contributed by atoms with Crippen molar-refractivity contribution in [3.8, 4) is 0 Å². The molecule has 7 heteroatoms. The van der Waals surface area contributed by atoms with Gasteiger partial charge in [0.15, 0.2) is 5.60 Å². The average molecular weight is 311 g/mol. The number of amides is 3. The van der Waals surface area contributed by atoms with Crippen LogP contribution in [0.5, 0.6) is 0 Å². The minimum Gasteiger partial charge on any atom is -0.362 e. The fourth-order valence-corrected chi connectivity index (χ4v) is 2.95. The smallest absolute Gasteiger partial charge is 0.253 e. The molecule has 2 heterocycles. The van der Waals surface area contributed by atoms with Crippen LogP contribution in [0.3, 0.4) is 0 Å². The summed E-state index contributed by atoms with van der Waals surface area (Å²) < 4.78 is 5.54. The van der Waals surface area contributed by atoms with Gasteiger partial charge in [0, 0.05) is 26.6 Å². The number of hydrogen-bond acceptors (Lipinski definition) is 4. The number of ether oxygens (including phenoxy) is 1. The predicted molar refractivity (Wildman–Crippen MR) is 80.1 cm³/mol. The van der Waals surface area contributed by atoms with Gasteiger partial charge in [-0.2, -0.15) is 0 Å². The van der Waals surface area contributed by atoms with E-state index >= 15 is 0 Å². The Labute approximate surface area is 131 Å². The van der Waals surface area contributed by atoms with Crippen molar-refractivity contribution in [3.63, 3.8) is 0 Å². The van der Waals surface area contributed by atoms with E-state index < -0.39 is 5.60 Å². The van der Waals surface area contributed by atoms with Gasteiger partial charge >= 0.3 is 0 Å². The molecular weight excluding hydrogens is 286 g/mol. The third kappa shape index (κ3) is 3.76. The molecule has 2 aliphatic rings. The highest BCUT2D eigenvalue weighted by Crippen LogP contribution is 2.19. The van der Waals surface area contributed by atoms with Crippen LogP contribution in [0.2, 0.25) is 0 Å². The average Bonchev–Trinajstić information content (AvgIpc) is 2.71. The Bertz CT molecular complexity index is 454. The number of hydrogen-bond donors (Lipinski definition) is 1. The molecule has 0 saturated carbocycles. The third-order valence-electron chi connectivity index (χ3n) is 4.33. The van der Waals surface area contributed by atoms with Crippen molar-refractivity contribution < 1.29 is 19.1 Å². The van der Waals surface area contributed by atoms with E-state index in [-0.39, 0.29) is 30.8 Å². The number of morpholine rings is 1. The van der Waals surface area contributed by atoms with E-state index in [4.69, 9.17) is 4.74 Å². The van der Waals surface area contributed by atoms with Crippen molar-refractivity contribution in [2.45, 2.75) is 38.2 Å². The van der Waals surface area contributed by atoms with Crippen LogP contribution in [-0.4, -0.2) is 73.0 Å². The second-order valence-corrected chi connectivity index (χ2v) is 6.10. The van der Waals surface area contributed by atoms with Crippen LogP contribution in [0.15, 0.2) is 0 Å². The Balaban J connectivity index is 1.97. The number of likely N-dealkylation sites (tertiary alicyclic amines) is 1. The summed E-state index contributed by atoms with van der Waals surface area (Å²) in [6.07, 6.45) is 3.39. The van der Waals surface area contributed by atoms with Crippen LogP contribution in [0.1, 0.15) is 32.6 Å². The Morgan fingerprint density at radius 3 is 2.77 bits per heavy atom. The molecule has 0 unspecified atom stereocenters. The third-order valence-corrected chi connectivity index (χ3v) is 4.33. The Morgan fingerprint density at radius 1 is 1.27 bits per heavy atom. The molecular formula is C15H25N3O4. The summed E-state index contributed by atoms with van der Waals surface area (Å²) in [5, 5.41) is 2.56. The van der Waals surface area contributed by atoms with Crippen molar-refractivity contribution in [1.29, 1.82) is 0 Å². The largest absolute Gasteiger partial charge is 0.362 e. The topological polar surface area (TPSA) is 79.0 Å². The Kier molecular flexibility index (Phi) is 5.39. The first-order valence-corrected chi connectivity index (χ1v) is 7.88. The van der Waals surface area contributed by atoms with Gasteiger partial charge in [0.2, 0.25) is 11.8 Å². The van der Waals surface area contributed by atoms with Crippen LogP contribution >= 0.6 is 0 Å². The van der Waals surface area contributed by atoms with E-state index in [0.29, 0.717) is 26.1 Å². The zero-order chi connectivity index (χ0) is 16.2. The standard InChI is InChI=1S/C15H25N3O4/c1-15(14(21)16-2)11-18(8-9-22-15)13(20)10-17-7-5-3-4-6-12(17)19/h3-11H2,1-2H3,(H,16,21)/t15-/m0/s1. The molecule has 2 saturated heterocycles. The summed E-state index contributed by atoms with van der Waals surface area (Å²) in [4.78, 5) is 39.6. The summed E-state index contributed by atoms with van der Waals surface area (Å²) >= 11 is 0.